The molecule has 0 aromatic heterocycles. The summed E-state index contributed by atoms with van der Waals surface area (Å²) in [5.74, 6) is 0.295. The van der Waals surface area contributed by atoms with Gasteiger partial charge >= 0.3 is 0 Å². The maximum absolute atomic E-state index is 12.4. The van der Waals surface area contributed by atoms with Crippen LogP contribution in [0.4, 0.5) is 0 Å². The Hall–Kier alpha value is -0.610. The van der Waals surface area contributed by atoms with Crippen molar-refractivity contribution >= 4 is 5.91 Å². The van der Waals surface area contributed by atoms with E-state index in [1.54, 1.807) is 0 Å². The Morgan fingerprint density at radius 1 is 1.39 bits per heavy atom. The topological polar surface area (TPSA) is 35.6 Å². The van der Waals surface area contributed by atoms with Crippen LogP contribution in [0.25, 0.3) is 0 Å². The van der Waals surface area contributed by atoms with Gasteiger partial charge in [-0.15, -0.1) is 0 Å². The van der Waals surface area contributed by atoms with Crippen molar-refractivity contribution in [3.63, 3.8) is 0 Å². The minimum absolute atomic E-state index is 0.0456. The highest BCUT2D eigenvalue weighted by Crippen LogP contribution is 2.18. The quantitative estimate of drug-likeness (QED) is 0.751. The summed E-state index contributed by atoms with van der Waals surface area (Å²) >= 11 is 0. The van der Waals surface area contributed by atoms with Crippen LogP contribution < -0.4 is 5.32 Å². The lowest BCUT2D eigenvalue weighted by Crippen LogP contribution is -2.44. The van der Waals surface area contributed by atoms with Gasteiger partial charge in [0.2, 0.25) is 5.91 Å². The van der Waals surface area contributed by atoms with Crippen molar-refractivity contribution in [2.45, 2.75) is 64.7 Å². The lowest BCUT2D eigenvalue weighted by molar-refractivity contribution is -0.130. The molecule has 106 valence electrons. The molecule has 3 unspecified atom stereocenters. The molecule has 0 aliphatic carbocycles. The van der Waals surface area contributed by atoms with E-state index in [4.69, 9.17) is 0 Å². The van der Waals surface area contributed by atoms with Crippen molar-refractivity contribution in [1.82, 2.24) is 15.1 Å². The number of rotatable bonds is 7. The maximum atomic E-state index is 12.4. The first kappa shape index (κ1) is 15.4. The minimum atomic E-state index is 0.0456. The molecule has 1 aliphatic rings. The molecule has 0 radical (unpaired) electrons. The molecule has 1 N–H and O–H groups in total. The first-order valence-corrected chi connectivity index (χ1v) is 7.24. The molecule has 4 nitrogen and oxygen atoms in total. The molecule has 1 saturated heterocycles. The van der Waals surface area contributed by atoms with Crippen molar-refractivity contribution in [2.75, 3.05) is 20.6 Å². The summed E-state index contributed by atoms with van der Waals surface area (Å²) in [6.45, 7) is 7.29. The molecule has 0 spiro atoms. The second kappa shape index (κ2) is 7.10. The molecule has 3 atom stereocenters. The van der Waals surface area contributed by atoms with Crippen LogP contribution in [0.15, 0.2) is 0 Å². The first-order valence-electron chi connectivity index (χ1n) is 7.24. The van der Waals surface area contributed by atoms with E-state index in [1.165, 1.54) is 0 Å². The average molecular weight is 255 g/mol. The van der Waals surface area contributed by atoms with Gasteiger partial charge in [0.15, 0.2) is 0 Å². The fourth-order valence-corrected chi connectivity index (χ4v) is 2.37. The summed E-state index contributed by atoms with van der Waals surface area (Å²) in [4.78, 5) is 16.6. The number of hydrogen-bond acceptors (Lipinski definition) is 3. The fourth-order valence-electron chi connectivity index (χ4n) is 2.37. The molecule has 1 amide bonds. The van der Waals surface area contributed by atoms with E-state index in [0.29, 0.717) is 11.9 Å². The zero-order valence-electron chi connectivity index (χ0n) is 12.6. The number of hydrogen-bond donors (Lipinski definition) is 1. The highest BCUT2D eigenvalue weighted by Gasteiger charge is 2.37. The van der Waals surface area contributed by atoms with Crippen LogP contribution in [0.5, 0.6) is 0 Å². The maximum Gasteiger partial charge on any atom is 0.241 e. The van der Waals surface area contributed by atoms with Gasteiger partial charge in [0, 0.05) is 12.6 Å². The van der Waals surface area contributed by atoms with Gasteiger partial charge in [-0.1, -0.05) is 26.7 Å². The highest BCUT2D eigenvalue weighted by molar-refractivity contribution is 5.84. The van der Waals surface area contributed by atoms with E-state index in [-0.39, 0.29) is 12.2 Å². The summed E-state index contributed by atoms with van der Waals surface area (Å²) < 4.78 is 0. The van der Waals surface area contributed by atoms with E-state index in [9.17, 15) is 4.79 Å². The Kier molecular flexibility index (Phi) is 6.09. The van der Waals surface area contributed by atoms with Crippen LogP contribution in [-0.4, -0.2) is 54.6 Å². The van der Waals surface area contributed by atoms with E-state index in [1.807, 2.05) is 4.90 Å². The number of nitrogens with one attached hydrogen (secondary N) is 1. The number of amides is 1. The number of unbranched alkanes of at least 4 members (excludes halogenated alkanes) is 1. The normalized spacial score (nSPS) is 26.1. The SMILES string of the molecule is CCCCC1NC(CC)N(CC(C)N(C)C)C1=O. The highest BCUT2D eigenvalue weighted by atomic mass is 16.2. The van der Waals surface area contributed by atoms with Crippen LogP contribution in [0.3, 0.4) is 0 Å². The summed E-state index contributed by atoms with van der Waals surface area (Å²) in [6, 6.07) is 0.444. The molecule has 4 heteroatoms. The molecule has 1 rings (SSSR count). The minimum Gasteiger partial charge on any atom is -0.324 e. The summed E-state index contributed by atoms with van der Waals surface area (Å²) in [7, 11) is 4.13. The van der Waals surface area contributed by atoms with Crippen molar-refractivity contribution in [3.05, 3.63) is 0 Å². The third kappa shape index (κ3) is 3.69. The second-order valence-electron chi connectivity index (χ2n) is 5.59. The third-order valence-corrected chi connectivity index (χ3v) is 3.93. The summed E-state index contributed by atoms with van der Waals surface area (Å²) in [6.07, 6.45) is 4.45. The lowest BCUT2D eigenvalue weighted by atomic mass is 10.1. The van der Waals surface area contributed by atoms with Gasteiger partial charge in [-0.2, -0.15) is 0 Å². The molecular weight excluding hydrogens is 226 g/mol. The number of nitrogens with zero attached hydrogens (tertiary/aromatic N) is 2. The van der Waals surface area contributed by atoms with Crippen molar-refractivity contribution in [1.29, 1.82) is 0 Å². The zero-order chi connectivity index (χ0) is 13.7. The van der Waals surface area contributed by atoms with Gasteiger partial charge in [-0.25, -0.2) is 0 Å². The van der Waals surface area contributed by atoms with Crippen molar-refractivity contribution in [3.8, 4) is 0 Å². The predicted molar refractivity (Wildman–Crippen MR) is 75.4 cm³/mol. The van der Waals surface area contributed by atoms with E-state index in [0.717, 1.165) is 32.2 Å². The summed E-state index contributed by atoms with van der Waals surface area (Å²) in [5, 5.41) is 3.48. The Labute approximate surface area is 112 Å². The van der Waals surface area contributed by atoms with Crippen molar-refractivity contribution in [2.24, 2.45) is 0 Å². The molecule has 1 fully saturated rings. The molecule has 0 aromatic rings. The summed E-state index contributed by atoms with van der Waals surface area (Å²) in [5.41, 5.74) is 0. The second-order valence-corrected chi connectivity index (χ2v) is 5.59. The number of carbonyl (C=O) groups is 1. The van der Waals surface area contributed by atoms with E-state index in [2.05, 4.69) is 45.1 Å². The van der Waals surface area contributed by atoms with Crippen LogP contribution in [0, 0.1) is 0 Å². The molecule has 18 heavy (non-hydrogen) atoms. The van der Waals surface area contributed by atoms with Crippen LogP contribution in [0.1, 0.15) is 46.5 Å². The van der Waals surface area contributed by atoms with E-state index >= 15 is 0 Å². The van der Waals surface area contributed by atoms with Crippen LogP contribution in [0.2, 0.25) is 0 Å². The standard InChI is InChI=1S/C14H29N3O/c1-6-8-9-12-14(18)17(13(7-2)15-12)10-11(3)16(4)5/h11-13,15H,6-10H2,1-5H3. The lowest BCUT2D eigenvalue weighted by Gasteiger charge is -2.29. The van der Waals surface area contributed by atoms with Crippen molar-refractivity contribution < 1.29 is 4.79 Å². The molecular formula is C14H29N3O. The fraction of sp³-hybridized carbons (Fsp3) is 0.929. The first-order chi connectivity index (χ1) is 8.51. The number of carbonyl (C=O) groups excluding carboxylic acids is 1. The van der Waals surface area contributed by atoms with Crippen LogP contribution >= 0.6 is 0 Å². The largest absolute Gasteiger partial charge is 0.324 e. The average Bonchev–Trinajstić information content (AvgIpc) is 2.64. The Bertz CT molecular complexity index is 268. The molecule has 0 bridgehead atoms. The third-order valence-electron chi connectivity index (χ3n) is 3.93. The van der Waals surface area contributed by atoms with Gasteiger partial charge in [-0.05, 0) is 33.9 Å². The molecule has 0 saturated carbocycles. The monoisotopic (exact) mass is 255 g/mol. The number of likely N-dealkylation sites (N-methyl/N-ethyl adjacent to an activating group) is 1. The van der Waals surface area contributed by atoms with E-state index < -0.39 is 0 Å². The van der Waals surface area contributed by atoms with Gasteiger partial charge in [0.05, 0.1) is 12.2 Å². The van der Waals surface area contributed by atoms with Gasteiger partial charge in [-0.3, -0.25) is 10.1 Å². The Balaban J connectivity index is 2.61. The van der Waals surface area contributed by atoms with Crippen LogP contribution in [-0.2, 0) is 4.79 Å². The molecule has 1 aliphatic heterocycles. The Morgan fingerprint density at radius 3 is 2.56 bits per heavy atom. The predicted octanol–water partition coefficient (Wildman–Crippen LogP) is 1.66. The molecule has 0 aromatic carbocycles. The van der Waals surface area contributed by atoms with Gasteiger partial charge in [0.25, 0.3) is 0 Å². The smallest absolute Gasteiger partial charge is 0.241 e. The Morgan fingerprint density at radius 2 is 2.06 bits per heavy atom. The van der Waals surface area contributed by atoms with Gasteiger partial charge < -0.3 is 9.80 Å². The van der Waals surface area contributed by atoms with Gasteiger partial charge in [0.1, 0.15) is 0 Å². The zero-order valence-corrected chi connectivity index (χ0v) is 12.6. The molecule has 1 heterocycles.